The highest BCUT2D eigenvalue weighted by Gasteiger charge is 2.19. The highest BCUT2D eigenvalue weighted by atomic mass is 32.2. The Balaban J connectivity index is 1.82. The van der Waals surface area contributed by atoms with E-state index in [0.717, 1.165) is 25.7 Å². The number of amides is 3. The van der Waals surface area contributed by atoms with Gasteiger partial charge < -0.3 is 10.1 Å². The number of rotatable bonds is 6. The van der Waals surface area contributed by atoms with Crippen LogP contribution in [0.1, 0.15) is 49.4 Å². The summed E-state index contributed by atoms with van der Waals surface area (Å²) in [6, 6.07) is 5.90. The van der Waals surface area contributed by atoms with Crippen molar-refractivity contribution in [2.75, 3.05) is 12.4 Å². The van der Waals surface area contributed by atoms with E-state index in [2.05, 4.69) is 10.6 Å². The predicted molar refractivity (Wildman–Crippen MR) is 97.2 cm³/mol. The number of esters is 1. The van der Waals surface area contributed by atoms with Crippen LogP contribution in [0.5, 0.6) is 0 Å². The normalized spacial score (nSPS) is 15.7. The predicted octanol–water partition coefficient (Wildman–Crippen LogP) is 2.13. The van der Waals surface area contributed by atoms with Crippen molar-refractivity contribution in [3.05, 3.63) is 29.8 Å². The molecular formula is C18H24N2O5S. The van der Waals surface area contributed by atoms with Crippen molar-refractivity contribution in [2.24, 2.45) is 0 Å². The summed E-state index contributed by atoms with van der Waals surface area (Å²) in [5.41, 5.74) is 0.159. The van der Waals surface area contributed by atoms with Crippen molar-refractivity contribution in [3.63, 3.8) is 0 Å². The largest absolute Gasteiger partial charge is 0.452 e. The lowest BCUT2D eigenvalue weighted by Crippen LogP contribution is -2.46. The summed E-state index contributed by atoms with van der Waals surface area (Å²) in [6.45, 7) is 1.17. The molecular weight excluding hydrogens is 356 g/mol. The van der Waals surface area contributed by atoms with Crippen LogP contribution in [0.2, 0.25) is 0 Å². The first kappa shape index (κ1) is 20.1. The van der Waals surface area contributed by atoms with E-state index in [0.29, 0.717) is 10.6 Å². The van der Waals surface area contributed by atoms with Crippen molar-refractivity contribution in [1.82, 2.24) is 10.6 Å². The van der Waals surface area contributed by atoms with E-state index in [4.69, 9.17) is 4.74 Å². The minimum absolute atomic E-state index is 0.0787. The molecule has 142 valence electrons. The van der Waals surface area contributed by atoms with Crippen LogP contribution < -0.4 is 10.6 Å². The Hall–Kier alpha value is -2.22. The van der Waals surface area contributed by atoms with E-state index >= 15 is 0 Å². The first-order valence-electron chi connectivity index (χ1n) is 8.76. The molecule has 0 bridgehead atoms. The van der Waals surface area contributed by atoms with Crippen LogP contribution in [0, 0.1) is 0 Å². The van der Waals surface area contributed by atoms with Crippen molar-refractivity contribution < 1.29 is 23.3 Å². The Kier molecular flexibility index (Phi) is 7.77. The molecule has 1 aromatic carbocycles. The van der Waals surface area contributed by atoms with E-state index in [1.54, 1.807) is 25.1 Å². The van der Waals surface area contributed by atoms with Crippen LogP contribution in [0.4, 0.5) is 4.79 Å². The van der Waals surface area contributed by atoms with Crippen molar-refractivity contribution >= 4 is 28.7 Å². The molecule has 2 N–H and O–H groups in total. The monoisotopic (exact) mass is 380 g/mol. The Bertz CT molecular complexity index is 686. The van der Waals surface area contributed by atoms with Crippen molar-refractivity contribution in [1.29, 1.82) is 0 Å². The van der Waals surface area contributed by atoms with Crippen LogP contribution in [0.3, 0.4) is 0 Å². The molecule has 1 aliphatic carbocycles. The number of hydrogen-bond acceptors (Lipinski definition) is 5. The number of carbonyl (C=O) groups excluding carboxylic acids is 3. The van der Waals surface area contributed by atoms with Gasteiger partial charge in [-0.2, -0.15) is 0 Å². The summed E-state index contributed by atoms with van der Waals surface area (Å²) >= 11 is 0. The fraction of sp³-hybridized carbons (Fsp3) is 0.500. The highest BCUT2D eigenvalue weighted by molar-refractivity contribution is 7.85. The summed E-state index contributed by atoms with van der Waals surface area (Å²) < 4.78 is 16.9. The summed E-state index contributed by atoms with van der Waals surface area (Å²) in [5, 5.41) is 4.91. The molecule has 2 rings (SSSR count). The van der Waals surface area contributed by atoms with E-state index in [-0.39, 0.29) is 11.6 Å². The molecule has 1 saturated carbocycles. The molecule has 0 radical (unpaired) electrons. The zero-order valence-electron chi connectivity index (χ0n) is 14.8. The van der Waals surface area contributed by atoms with Gasteiger partial charge in [0.25, 0.3) is 5.91 Å². The molecule has 0 heterocycles. The number of urea groups is 1. The zero-order valence-corrected chi connectivity index (χ0v) is 15.6. The fourth-order valence-electron chi connectivity index (χ4n) is 2.83. The maximum absolute atomic E-state index is 12.2. The second-order valence-electron chi connectivity index (χ2n) is 6.06. The Morgan fingerprint density at radius 2 is 1.85 bits per heavy atom. The van der Waals surface area contributed by atoms with Gasteiger partial charge in [-0.25, -0.2) is 9.59 Å². The summed E-state index contributed by atoms with van der Waals surface area (Å²) in [7, 11) is -1.32. The minimum atomic E-state index is -1.32. The molecule has 8 heteroatoms. The molecule has 0 aromatic heterocycles. The van der Waals surface area contributed by atoms with Crippen LogP contribution in [0.25, 0.3) is 0 Å². The lowest BCUT2D eigenvalue weighted by molar-refractivity contribution is -0.123. The van der Waals surface area contributed by atoms with Crippen LogP contribution in [-0.2, 0) is 20.3 Å². The zero-order chi connectivity index (χ0) is 18.9. The maximum Gasteiger partial charge on any atom is 0.339 e. The Morgan fingerprint density at radius 1 is 1.15 bits per heavy atom. The highest BCUT2D eigenvalue weighted by Crippen LogP contribution is 2.17. The van der Waals surface area contributed by atoms with Crippen molar-refractivity contribution in [3.8, 4) is 0 Å². The van der Waals surface area contributed by atoms with Gasteiger partial charge in [0.2, 0.25) is 0 Å². The van der Waals surface area contributed by atoms with Crippen molar-refractivity contribution in [2.45, 2.75) is 50.0 Å². The van der Waals surface area contributed by atoms with Gasteiger partial charge in [0.1, 0.15) is 0 Å². The SMILES string of the molecule is CC[S@@](=O)c1ccccc1C(=O)OCC(=O)NC(=O)NC1CCCCC1. The summed E-state index contributed by atoms with van der Waals surface area (Å²) in [6.07, 6.45) is 5.10. The van der Waals surface area contributed by atoms with E-state index < -0.39 is 35.3 Å². The number of hydrogen-bond donors (Lipinski definition) is 2. The third-order valence-corrected chi connectivity index (χ3v) is 5.51. The molecule has 26 heavy (non-hydrogen) atoms. The van der Waals surface area contributed by atoms with E-state index in [1.165, 1.54) is 12.5 Å². The van der Waals surface area contributed by atoms with E-state index in [9.17, 15) is 18.6 Å². The van der Waals surface area contributed by atoms with Gasteiger partial charge in [0, 0.05) is 11.8 Å². The lowest BCUT2D eigenvalue weighted by Gasteiger charge is -2.22. The Labute approximate surface area is 155 Å². The van der Waals surface area contributed by atoms with Crippen LogP contribution in [-0.4, -0.2) is 40.5 Å². The number of carbonyl (C=O) groups is 3. The van der Waals surface area contributed by atoms with Crippen LogP contribution in [0.15, 0.2) is 29.2 Å². The average Bonchev–Trinajstić information content (AvgIpc) is 2.66. The van der Waals surface area contributed by atoms with Gasteiger partial charge in [0.05, 0.1) is 21.3 Å². The maximum atomic E-state index is 12.2. The van der Waals surface area contributed by atoms with Gasteiger partial charge in [0.15, 0.2) is 6.61 Å². The average molecular weight is 380 g/mol. The molecule has 0 aliphatic heterocycles. The third-order valence-electron chi connectivity index (χ3n) is 4.14. The molecule has 1 aromatic rings. The standard InChI is InChI=1S/C18H24N2O5S/c1-2-26(24)15-11-7-6-10-14(15)17(22)25-12-16(21)20-18(23)19-13-8-4-3-5-9-13/h6-7,10-11,13H,2-5,8-9,12H2,1H3,(H2,19,20,21,23)/t26-/m1/s1. The smallest absolute Gasteiger partial charge is 0.339 e. The van der Waals surface area contributed by atoms with E-state index in [1.807, 2.05) is 0 Å². The number of benzene rings is 1. The van der Waals surface area contributed by atoms with Gasteiger partial charge in [-0.3, -0.25) is 14.3 Å². The summed E-state index contributed by atoms with van der Waals surface area (Å²) in [4.78, 5) is 36.1. The van der Waals surface area contributed by atoms with Gasteiger partial charge in [-0.1, -0.05) is 38.3 Å². The molecule has 1 atom stereocenters. The fourth-order valence-corrected chi connectivity index (χ4v) is 3.77. The quantitative estimate of drug-likeness (QED) is 0.736. The third kappa shape index (κ3) is 5.94. The molecule has 1 fully saturated rings. The molecule has 0 spiro atoms. The second kappa shape index (κ2) is 10.1. The van der Waals surface area contributed by atoms with Gasteiger partial charge in [-0.15, -0.1) is 0 Å². The first-order chi connectivity index (χ1) is 12.5. The molecule has 7 nitrogen and oxygen atoms in total. The van der Waals surface area contributed by atoms with Gasteiger partial charge >= 0.3 is 12.0 Å². The molecule has 3 amide bonds. The lowest BCUT2D eigenvalue weighted by atomic mass is 9.96. The topological polar surface area (TPSA) is 102 Å². The number of ether oxygens (including phenoxy) is 1. The van der Waals surface area contributed by atoms with Gasteiger partial charge in [-0.05, 0) is 25.0 Å². The number of nitrogens with one attached hydrogen (secondary N) is 2. The molecule has 1 aliphatic rings. The summed E-state index contributed by atoms with van der Waals surface area (Å²) in [5.74, 6) is -1.09. The Morgan fingerprint density at radius 3 is 2.54 bits per heavy atom. The van der Waals surface area contributed by atoms with Crippen LogP contribution >= 0.6 is 0 Å². The minimum Gasteiger partial charge on any atom is -0.452 e. The second-order valence-corrected chi connectivity index (χ2v) is 7.77. The molecule has 0 saturated heterocycles. The molecule has 0 unspecified atom stereocenters. The first-order valence-corrected chi connectivity index (χ1v) is 10.1. The number of imide groups is 1.